The third kappa shape index (κ3) is 3.52. The van der Waals surface area contributed by atoms with Crippen LogP contribution in [-0.2, 0) is 0 Å². The van der Waals surface area contributed by atoms with E-state index in [1.165, 1.54) is 6.20 Å². The largest absolute Gasteiger partial charge is 0.497 e. The van der Waals surface area contributed by atoms with Gasteiger partial charge < -0.3 is 14.8 Å². The van der Waals surface area contributed by atoms with E-state index in [0.717, 1.165) is 11.1 Å². The van der Waals surface area contributed by atoms with Crippen LogP contribution in [0.5, 0.6) is 11.5 Å². The van der Waals surface area contributed by atoms with E-state index < -0.39 is 0 Å². The van der Waals surface area contributed by atoms with Crippen LogP contribution in [-0.4, -0.2) is 30.1 Å². The molecule has 128 valence electrons. The second-order valence-electron chi connectivity index (χ2n) is 5.55. The highest BCUT2D eigenvalue weighted by molar-refractivity contribution is 5.94. The summed E-state index contributed by atoms with van der Waals surface area (Å²) in [6.07, 6.45) is 1.48. The van der Waals surface area contributed by atoms with E-state index in [0.29, 0.717) is 17.0 Å². The number of methoxy groups -OCH3 is 2. The summed E-state index contributed by atoms with van der Waals surface area (Å²) in [4.78, 5) is 21.2. The molecular weight excluding hydrogens is 318 g/mol. The van der Waals surface area contributed by atoms with Gasteiger partial charge in [0.15, 0.2) is 0 Å². The van der Waals surface area contributed by atoms with Gasteiger partial charge in [-0.1, -0.05) is 12.1 Å². The number of nitrogens with zero attached hydrogens (tertiary/aromatic N) is 2. The Morgan fingerprint density at radius 1 is 1.08 bits per heavy atom. The maximum absolute atomic E-state index is 12.5. The first-order valence-electron chi connectivity index (χ1n) is 7.87. The summed E-state index contributed by atoms with van der Waals surface area (Å²) >= 11 is 0. The average molecular weight is 337 g/mol. The normalized spacial score (nSPS) is 11.8. The number of hydrogen-bond donors (Lipinski definition) is 1. The number of aromatic nitrogens is 2. The summed E-state index contributed by atoms with van der Waals surface area (Å²) in [7, 11) is 3.19. The van der Waals surface area contributed by atoms with Gasteiger partial charge in [0.25, 0.3) is 5.91 Å². The summed E-state index contributed by atoms with van der Waals surface area (Å²) in [5.74, 6) is 1.08. The van der Waals surface area contributed by atoms with E-state index in [-0.39, 0.29) is 17.6 Å². The number of carbonyl (C=O) groups is 1. The van der Waals surface area contributed by atoms with Crippen molar-refractivity contribution >= 4 is 16.9 Å². The number of benzene rings is 2. The molecule has 1 amide bonds. The number of para-hydroxylation sites is 2. The zero-order valence-corrected chi connectivity index (χ0v) is 14.3. The SMILES string of the molecule is COc1ccc(OC)c(C(C)NC(=O)c2cnc3ccccc3n2)c1. The van der Waals surface area contributed by atoms with Crippen molar-refractivity contribution < 1.29 is 14.3 Å². The molecule has 0 aliphatic rings. The number of fused-ring (bicyclic) bond motifs is 1. The zero-order chi connectivity index (χ0) is 17.8. The molecule has 3 aromatic rings. The molecule has 25 heavy (non-hydrogen) atoms. The molecule has 6 nitrogen and oxygen atoms in total. The standard InChI is InChI=1S/C19H19N3O3/c1-12(14-10-13(24-2)8-9-18(14)25-3)21-19(23)17-11-20-15-6-4-5-7-16(15)22-17/h4-12H,1-3H3,(H,21,23). The molecule has 0 radical (unpaired) electrons. The predicted octanol–water partition coefficient (Wildman–Crippen LogP) is 3.14. The first kappa shape index (κ1) is 16.7. The van der Waals surface area contributed by atoms with E-state index in [2.05, 4.69) is 15.3 Å². The highest BCUT2D eigenvalue weighted by Crippen LogP contribution is 2.29. The fourth-order valence-corrected chi connectivity index (χ4v) is 2.59. The minimum atomic E-state index is -0.296. The lowest BCUT2D eigenvalue weighted by atomic mass is 10.1. The van der Waals surface area contributed by atoms with Crippen molar-refractivity contribution in [3.63, 3.8) is 0 Å². The molecule has 6 heteroatoms. The molecule has 1 atom stereocenters. The van der Waals surface area contributed by atoms with Crippen LogP contribution in [0.25, 0.3) is 11.0 Å². The van der Waals surface area contributed by atoms with Gasteiger partial charge in [0.05, 0.1) is 37.5 Å². The van der Waals surface area contributed by atoms with Crippen LogP contribution < -0.4 is 14.8 Å². The van der Waals surface area contributed by atoms with Crippen LogP contribution in [0.4, 0.5) is 0 Å². The Morgan fingerprint density at radius 2 is 1.84 bits per heavy atom. The molecule has 0 saturated carbocycles. The summed E-state index contributed by atoms with van der Waals surface area (Å²) in [6.45, 7) is 1.88. The summed E-state index contributed by atoms with van der Waals surface area (Å²) in [6, 6.07) is 12.6. The lowest BCUT2D eigenvalue weighted by Crippen LogP contribution is -2.28. The maximum Gasteiger partial charge on any atom is 0.271 e. The number of hydrogen-bond acceptors (Lipinski definition) is 5. The Morgan fingerprint density at radius 3 is 2.56 bits per heavy atom. The van der Waals surface area contributed by atoms with Gasteiger partial charge in [0, 0.05) is 5.56 Å². The summed E-state index contributed by atoms with van der Waals surface area (Å²) in [5.41, 5.74) is 2.53. The molecule has 3 rings (SSSR count). The average Bonchev–Trinajstić information content (AvgIpc) is 2.66. The van der Waals surface area contributed by atoms with Gasteiger partial charge in [-0.15, -0.1) is 0 Å². The summed E-state index contributed by atoms with van der Waals surface area (Å²) in [5, 5.41) is 2.93. The minimum Gasteiger partial charge on any atom is -0.497 e. The van der Waals surface area contributed by atoms with Gasteiger partial charge in [-0.05, 0) is 37.3 Å². The fraction of sp³-hybridized carbons (Fsp3) is 0.211. The van der Waals surface area contributed by atoms with Gasteiger partial charge >= 0.3 is 0 Å². The van der Waals surface area contributed by atoms with Crippen LogP contribution in [0.1, 0.15) is 29.0 Å². The Kier molecular flexibility index (Phi) is 4.79. The molecule has 1 heterocycles. The molecule has 0 fully saturated rings. The number of rotatable bonds is 5. The van der Waals surface area contributed by atoms with E-state index >= 15 is 0 Å². The molecule has 0 bridgehead atoms. The van der Waals surface area contributed by atoms with Gasteiger partial charge in [0.1, 0.15) is 17.2 Å². The molecular formula is C19H19N3O3. The molecule has 0 aliphatic heterocycles. The van der Waals surface area contributed by atoms with E-state index in [1.54, 1.807) is 14.2 Å². The van der Waals surface area contributed by atoms with Gasteiger partial charge in [-0.2, -0.15) is 0 Å². The highest BCUT2D eigenvalue weighted by atomic mass is 16.5. The van der Waals surface area contributed by atoms with Crippen LogP contribution in [0, 0.1) is 0 Å². The third-order valence-electron chi connectivity index (χ3n) is 3.93. The Bertz CT molecular complexity index is 911. The molecule has 1 N–H and O–H groups in total. The van der Waals surface area contributed by atoms with E-state index in [1.807, 2.05) is 49.4 Å². The lowest BCUT2D eigenvalue weighted by molar-refractivity contribution is 0.0934. The Hall–Kier alpha value is -3.15. The van der Waals surface area contributed by atoms with Crippen LogP contribution in [0.15, 0.2) is 48.7 Å². The van der Waals surface area contributed by atoms with E-state index in [9.17, 15) is 4.79 Å². The molecule has 2 aromatic carbocycles. The number of nitrogens with one attached hydrogen (secondary N) is 1. The van der Waals surface area contributed by atoms with Crippen molar-refractivity contribution in [2.45, 2.75) is 13.0 Å². The van der Waals surface area contributed by atoms with E-state index in [4.69, 9.17) is 9.47 Å². The van der Waals surface area contributed by atoms with Crippen molar-refractivity contribution in [3.05, 3.63) is 59.9 Å². The summed E-state index contributed by atoms with van der Waals surface area (Å²) < 4.78 is 10.6. The first-order chi connectivity index (χ1) is 12.1. The fourth-order valence-electron chi connectivity index (χ4n) is 2.59. The molecule has 0 aliphatic carbocycles. The zero-order valence-electron chi connectivity index (χ0n) is 14.3. The Balaban J connectivity index is 1.84. The van der Waals surface area contributed by atoms with Crippen LogP contribution in [0.3, 0.4) is 0 Å². The smallest absolute Gasteiger partial charge is 0.271 e. The number of ether oxygens (including phenoxy) is 2. The van der Waals surface area contributed by atoms with Gasteiger partial charge in [-0.25, -0.2) is 4.98 Å². The monoisotopic (exact) mass is 337 g/mol. The molecule has 0 saturated heterocycles. The van der Waals surface area contributed by atoms with Crippen LogP contribution >= 0.6 is 0 Å². The Labute approximate surface area is 145 Å². The number of carbonyl (C=O) groups excluding carboxylic acids is 1. The van der Waals surface area contributed by atoms with Crippen molar-refractivity contribution in [1.82, 2.24) is 15.3 Å². The van der Waals surface area contributed by atoms with Gasteiger partial charge in [0.2, 0.25) is 0 Å². The van der Waals surface area contributed by atoms with Crippen molar-refractivity contribution in [1.29, 1.82) is 0 Å². The van der Waals surface area contributed by atoms with Crippen LogP contribution in [0.2, 0.25) is 0 Å². The molecule has 1 unspecified atom stereocenters. The lowest BCUT2D eigenvalue weighted by Gasteiger charge is -2.18. The molecule has 1 aromatic heterocycles. The van der Waals surface area contributed by atoms with Crippen molar-refractivity contribution in [3.8, 4) is 11.5 Å². The van der Waals surface area contributed by atoms with Gasteiger partial charge in [-0.3, -0.25) is 9.78 Å². The third-order valence-corrected chi connectivity index (χ3v) is 3.93. The molecule has 0 spiro atoms. The highest BCUT2D eigenvalue weighted by Gasteiger charge is 2.17. The quantitative estimate of drug-likeness (QED) is 0.774. The second kappa shape index (κ2) is 7.17. The van der Waals surface area contributed by atoms with Crippen molar-refractivity contribution in [2.24, 2.45) is 0 Å². The second-order valence-corrected chi connectivity index (χ2v) is 5.55. The number of amides is 1. The predicted molar refractivity (Wildman–Crippen MR) is 95.0 cm³/mol. The maximum atomic E-state index is 12.5. The topological polar surface area (TPSA) is 73.3 Å². The minimum absolute atomic E-state index is 0.271. The van der Waals surface area contributed by atoms with Crippen molar-refractivity contribution in [2.75, 3.05) is 14.2 Å². The first-order valence-corrected chi connectivity index (χ1v) is 7.87.